The van der Waals surface area contributed by atoms with Crippen molar-refractivity contribution < 1.29 is 27.6 Å². The minimum absolute atomic E-state index is 0.0904. The summed E-state index contributed by atoms with van der Waals surface area (Å²) in [6.07, 6.45) is 1.14. The number of ether oxygens (including phenoxy) is 1. The topological polar surface area (TPSA) is 79.9 Å². The van der Waals surface area contributed by atoms with Crippen LogP contribution in [0.25, 0.3) is 10.9 Å². The standard InChI is InChI=1S/C25H28BClF2N4O4/c1-24(2)25(3,4)37-26(36-24)16-12-17(27)20(29)21-15(16)11-18(31-21)23(34)33-8-6-32(7-9-33)22-19(35-5)10-14(28)13-30-22/h10-13,31H,6-9H2,1-5H3. The quantitative estimate of drug-likeness (QED) is 0.516. The van der Waals surface area contributed by atoms with E-state index >= 15 is 4.39 Å². The van der Waals surface area contributed by atoms with Crippen molar-refractivity contribution >= 4 is 46.8 Å². The number of fused-ring (bicyclic) bond motifs is 1. The Morgan fingerprint density at radius 3 is 2.38 bits per heavy atom. The molecule has 0 unspecified atom stereocenters. The third-order valence-corrected chi connectivity index (χ3v) is 7.74. The Labute approximate surface area is 219 Å². The molecule has 196 valence electrons. The summed E-state index contributed by atoms with van der Waals surface area (Å²) < 4.78 is 46.1. The zero-order valence-electron chi connectivity index (χ0n) is 21.3. The molecule has 2 fully saturated rings. The summed E-state index contributed by atoms with van der Waals surface area (Å²) in [5.41, 5.74) is -0.280. The maximum Gasteiger partial charge on any atom is 0.495 e. The number of nitrogens with zero attached hydrogens (tertiary/aromatic N) is 3. The van der Waals surface area contributed by atoms with Crippen molar-refractivity contribution in [1.29, 1.82) is 0 Å². The first-order valence-corrected chi connectivity index (χ1v) is 12.4. The fourth-order valence-corrected chi connectivity index (χ4v) is 4.84. The second-order valence-electron chi connectivity index (χ2n) is 10.3. The second-order valence-corrected chi connectivity index (χ2v) is 10.7. The molecule has 0 saturated carbocycles. The molecule has 2 aliphatic heterocycles. The highest BCUT2D eigenvalue weighted by Gasteiger charge is 2.52. The van der Waals surface area contributed by atoms with Gasteiger partial charge in [0.15, 0.2) is 17.4 Å². The summed E-state index contributed by atoms with van der Waals surface area (Å²) in [5, 5.41) is 0.384. The Morgan fingerprint density at radius 2 is 1.76 bits per heavy atom. The minimum Gasteiger partial charge on any atom is -0.493 e. The van der Waals surface area contributed by atoms with Gasteiger partial charge in [0.25, 0.3) is 5.91 Å². The number of nitrogens with one attached hydrogen (secondary N) is 1. The lowest BCUT2D eigenvalue weighted by Gasteiger charge is -2.35. The van der Waals surface area contributed by atoms with Crippen LogP contribution in [0.5, 0.6) is 5.75 Å². The van der Waals surface area contributed by atoms with Gasteiger partial charge in [-0.25, -0.2) is 13.8 Å². The lowest BCUT2D eigenvalue weighted by Crippen LogP contribution is -2.49. The number of anilines is 1. The van der Waals surface area contributed by atoms with Crippen molar-refractivity contribution in [1.82, 2.24) is 14.9 Å². The fraction of sp³-hybridized carbons (Fsp3) is 0.440. The first-order chi connectivity index (χ1) is 17.4. The average Bonchev–Trinajstić information content (AvgIpc) is 3.39. The number of benzene rings is 1. The van der Waals surface area contributed by atoms with E-state index in [1.807, 2.05) is 32.6 Å². The predicted octanol–water partition coefficient (Wildman–Crippen LogP) is 3.76. The zero-order chi connectivity index (χ0) is 26.7. The van der Waals surface area contributed by atoms with Crippen molar-refractivity contribution in [3.05, 3.63) is 46.7 Å². The van der Waals surface area contributed by atoms with Crippen molar-refractivity contribution in [2.45, 2.75) is 38.9 Å². The molecule has 1 amide bonds. The molecule has 0 atom stereocenters. The molecular formula is C25H28BClF2N4O4. The number of aromatic amines is 1. The lowest BCUT2D eigenvalue weighted by molar-refractivity contribution is 0.00578. The molecule has 2 saturated heterocycles. The lowest BCUT2D eigenvalue weighted by atomic mass is 9.77. The highest BCUT2D eigenvalue weighted by molar-refractivity contribution is 6.65. The van der Waals surface area contributed by atoms with Crippen LogP contribution in [0.1, 0.15) is 38.2 Å². The van der Waals surface area contributed by atoms with Gasteiger partial charge in [-0.2, -0.15) is 0 Å². The van der Waals surface area contributed by atoms with Gasteiger partial charge in [0.05, 0.1) is 35.0 Å². The molecule has 1 aromatic carbocycles. The van der Waals surface area contributed by atoms with Gasteiger partial charge < -0.3 is 28.8 Å². The summed E-state index contributed by atoms with van der Waals surface area (Å²) in [6, 6.07) is 4.39. The zero-order valence-corrected chi connectivity index (χ0v) is 22.1. The molecule has 1 N–H and O–H groups in total. The predicted molar refractivity (Wildman–Crippen MR) is 138 cm³/mol. The highest BCUT2D eigenvalue weighted by atomic mass is 35.5. The molecular weight excluding hydrogens is 505 g/mol. The molecule has 37 heavy (non-hydrogen) atoms. The number of methoxy groups -OCH3 is 1. The van der Waals surface area contributed by atoms with Gasteiger partial charge in [-0.1, -0.05) is 11.6 Å². The third-order valence-electron chi connectivity index (χ3n) is 7.46. The molecule has 0 spiro atoms. The number of carbonyl (C=O) groups is 1. The smallest absolute Gasteiger partial charge is 0.493 e. The summed E-state index contributed by atoms with van der Waals surface area (Å²) in [7, 11) is 0.685. The number of aromatic nitrogens is 2. The van der Waals surface area contributed by atoms with Gasteiger partial charge >= 0.3 is 7.12 Å². The molecule has 5 rings (SSSR count). The Bertz CT molecular complexity index is 1360. The Hall–Kier alpha value is -2.89. The number of piperazine rings is 1. The van der Waals surface area contributed by atoms with Crippen LogP contribution in [0.2, 0.25) is 5.02 Å². The summed E-state index contributed by atoms with van der Waals surface area (Å²) in [4.78, 5) is 24.1. The number of rotatable bonds is 4. The number of hydrogen-bond acceptors (Lipinski definition) is 6. The normalized spacial score (nSPS) is 19.1. The highest BCUT2D eigenvalue weighted by Crippen LogP contribution is 2.38. The average molecular weight is 533 g/mol. The van der Waals surface area contributed by atoms with Crippen LogP contribution in [-0.4, -0.2) is 72.4 Å². The van der Waals surface area contributed by atoms with Crippen LogP contribution >= 0.6 is 11.6 Å². The van der Waals surface area contributed by atoms with Crippen LogP contribution in [0.15, 0.2) is 24.4 Å². The molecule has 0 bridgehead atoms. The van der Waals surface area contributed by atoms with E-state index in [0.29, 0.717) is 48.6 Å². The van der Waals surface area contributed by atoms with Gasteiger partial charge in [-0.3, -0.25) is 4.79 Å². The summed E-state index contributed by atoms with van der Waals surface area (Å²) in [5.74, 6) is -0.552. The van der Waals surface area contributed by atoms with E-state index in [1.54, 1.807) is 11.0 Å². The van der Waals surface area contributed by atoms with Gasteiger partial charge in [0.2, 0.25) is 0 Å². The monoisotopic (exact) mass is 532 g/mol. The van der Waals surface area contributed by atoms with Gasteiger partial charge in [-0.05, 0) is 45.3 Å². The second kappa shape index (κ2) is 9.14. The van der Waals surface area contributed by atoms with Crippen molar-refractivity contribution in [3.8, 4) is 5.75 Å². The van der Waals surface area contributed by atoms with E-state index in [-0.39, 0.29) is 22.1 Å². The number of H-pyrrole nitrogens is 1. The maximum absolute atomic E-state index is 15.0. The van der Waals surface area contributed by atoms with E-state index in [2.05, 4.69) is 9.97 Å². The molecule has 2 aromatic heterocycles. The Balaban J connectivity index is 1.39. The molecule has 0 aliphatic carbocycles. The van der Waals surface area contributed by atoms with E-state index < -0.39 is 30.0 Å². The van der Waals surface area contributed by atoms with E-state index in [9.17, 15) is 9.18 Å². The molecule has 12 heteroatoms. The number of carbonyl (C=O) groups excluding carboxylic acids is 1. The van der Waals surface area contributed by atoms with Gasteiger partial charge in [0.1, 0.15) is 11.5 Å². The van der Waals surface area contributed by atoms with Crippen molar-refractivity contribution in [3.63, 3.8) is 0 Å². The molecule has 4 heterocycles. The number of pyridine rings is 1. The van der Waals surface area contributed by atoms with Crippen LogP contribution in [0, 0.1) is 11.6 Å². The molecule has 3 aromatic rings. The summed E-state index contributed by atoms with van der Waals surface area (Å²) >= 11 is 6.21. The van der Waals surface area contributed by atoms with E-state index in [1.165, 1.54) is 19.2 Å². The van der Waals surface area contributed by atoms with Crippen molar-refractivity contribution in [2.24, 2.45) is 0 Å². The van der Waals surface area contributed by atoms with Crippen LogP contribution in [0.3, 0.4) is 0 Å². The fourth-order valence-electron chi connectivity index (χ4n) is 4.63. The molecule has 8 nitrogen and oxygen atoms in total. The van der Waals surface area contributed by atoms with Crippen LogP contribution in [-0.2, 0) is 9.31 Å². The van der Waals surface area contributed by atoms with E-state index in [0.717, 1.165) is 6.20 Å². The number of hydrogen-bond donors (Lipinski definition) is 1. The van der Waals surface area contributed by atoms with Crippen molar-refractivity contribution in [2.75, 3.05) is 38.2 Å². The SMILES string of the molecule is COc1cc(F)cnc1N1CCN(C(=O)c2cc3c(B4OC(C)(C)C(C)(C)O4)cc(Cl)c(F)c3[nH]2)CC1. The minimum atomic E-state index is -0.772. The maximum atomic E-state index is 15.0. The first-order valence-electron chi connectivity index (χ1n) is 12.0. The first kappa shape index (κ1) is 25.8. The van der Waals surface area contributed by atoms with Crippen LogP contribution in [0.4, 0.5) is 14.6 Å². The Morgan fingerprint density at radius 1 is 1.11 bits per heavy atom. The number of halogens is 3. The van der Waals surface area contributed by atoms with Gasteiger partial charge in [0, 0.05) is 37.6 Å². The van der Waals surface area contributed by atoms with Crippen LogP contribution < -0.4 is 15.1 Å². The largest absolute Gasteiger partial charge is 0.495 e. The Kier molecular flexibility index (Phi) is 6.36. The number of amides is 1. The van der Waals surface area contributed by atoms with Gasteiger partial charge in [-0.15, -0.1) is 0 Å². The molecule has 0 radical (unpaired) electrons. The van der Waals surface area contributed by atoms with E-state index in [4.69, 9.17) is 25.6 Å². The summed E-state index contributed by atoms with van der Waals surface area (Å²) in [6.45, 7) is 9.44. The molecule has 2 aliphatic rings. The third kappa shape index (κ3) is 4.43.